The Morgan fingerprint density at radius 2 is 2.12 bits per heavy atom. The smallest absolute Gasteiger partial charge is 0.266 e. The van der Waals surface area contributed by atoms with Crippen LogP contribution in [-0.2, 0) is 19.7 Å². The van der Waals surface area contributed by atoms with Crippen molar-refractivity contribution in [2.45, 2.75) is 37.0 Å². The third-order valence-electron chi connectivity index (χ3n) is 4.49. The highest BCUT2D eigenvalue weighted by Crippen LogP contribution is 2.23. The highest BCUT2D eigenvalue weighted by Gasteiger charge is 2.35. The number of oxime groups is 1. The number of hydrogen-bond donors (Lipinski definition) is 0. The minimum Gasteiger partial charge on any atom is -0.382 e. The van der Waals surface area contributed by atoms with Crippen LogP contribution in [0.1, 0.15) is 26.7 Å². The van der Waals surface area contributed by atoms with Crippen LogP contribution in [-0.4, -0.2) is 61.5 Å². The van der Waals surface area contributed by atoms with E-state index in [9.17, 15) is 13.2 Å². The molecule has 1 saturated heterocycles. The molecule has 0 radical (unpaired) electrons. The molecule has 1 atom stereocenters. The van der Waals surface area contributed by atoms with Crippen LogP contribution in [0, 0.1) is 5.92 Å². The van der Waals surface area contributed by atoms with Gasteiger partial charge in [-0.15, -0.1) is 11.3 Å². The van der Waals surface area contributed by atoms with E-state index < -0.39 is 16.1 Å². The number of rotatable bonds is 4. The Morgan fingerprint density at radius 3 is 2.76 bits per heavy atom. The van der Waals surface area contributed by atoms with Gasteiger partial charge in [0.15, 0.2) is 0 Å². The summed E-state index contributed by atoms with van der Waals surface area (Å²) in [5.74, 6) is 0.156. The fourth-order valence-electron chi connectivity index (χ4n) is 2.96. The molecule has 1 aromatic rings. The normalized spacial score (nSPS) is 22.6. The fraction of sp³-hybridized carbons (Fsp3) is 0.625. The lowest BCUT2D eigenvalue weighted by molar-refractivity contribution is -0.141. The first-order valence-electron chi connectivity index (χ1n) is 8.44. The summed E-state index contributed by atoms with van der Waals surface area (Å²) < 4.78 is 27.1. The van der Waals surface area contributed by atoms with Crippen molar-refractivity contribution in [3.05, 3.63) is 17.5 Å². The van der Waals surface area contributed by atoms with E-state index in [4.69, 9.17) is 4.84 Å². The first kappa shape index (κ1) is 18.3. The molecule has 0 N–H and O–H groups in total. The van der Waals surface area contributed by atoms with E-state index in [0.29, 0.717) is 43.2 Å². The zero-order valence-electron chi connectivity index (χ0n) is 14.4. The number of amides is 1. The van der Waals surface area contributed by atoms with Crippen molar-refractivity contribution in [1.82, 2.24) is 9.21 Å². The molecule has 0 aromatic carbocycles. The molecule has 1 fully saturated rings. The molecule has 0 aliphatic carbocycles. The Labute approximate surface area is 152 Å². The second kappa shape index (κ2) is 7.43. The zero-order valence-corrected chi connectivity index (χ0v) is 16.1. The molecule has 2 aliphatic rings. The third kappa shape index (κ3) is 3.88. The lowest BCUT2D eigenvalue weighted by Crippen LogP contribution is -2.42. The van der Waals surface area contributed by atoms with Gasteiger partial charge in [0.05, 0.1) is 5.71 Å². The average molecular weight is 386 g/mol. The number of sulfonamides is 1. The summed E-state index contributed by atoms with van der Waals surface area (Å²) in [6, 6.07) is 3.35. The molecule has 1 aromatic heterocycles. The Kier molecular flexibility index (Phi) is 5.45. The molecule has 1 unspecified atom stereocenters. The van der Waals surface area contributed by atoms with E-state index in [1.807, 2.05) is 13.8 Å². The summed E-state index contributed by atoms with van der Waals surface area (Å²) >= 11 is 1.22. The van der Waals surface area contributed by atoms with Crippen molar-refractivity contribution in [3.8, 4) is 0 Å². The Morgan fingerprint density at radius 1 is 1.32 bits per heavy atom. The average Bonchev–Trinajstić information content (AvgIpc) is 3.22. The van der Waals surface area contributed by atoms with Crippen molar-refractivity contribution in [1.29, 1.82) is 0 Å². The minimum atomic E-state index is -3.47. The molecule has 0 bridgehead atoms. The summed E-state index contributed by atoms with van der Waals surface area (Å²) in [6.07, 6.45) is 0.559. The predicted molar refractivity (Wildman–Crippen MR) is 96.0 cm³/mol. The van der Waals surface area contributed by atoms with Crippen LogP contribution < -0.4 is 0 Å². The predicted octanol–water partition coefficient (Wildman–Crippen LogP) is 1.77. The molecule has 3 heterocycles. The van der Waals surface area contributed by atoms with Gasteiger partial charge in [-0.3, -0.25) is 4.79 Å². The maximum Gasteiger partial charge on any atom is 0.266 e. The third-order valence-corrected chi connectivity index (χ3v) is 7.76. The van der Waals surface area contributed by atoms with Gasteiger partial charge in [-0.2, -0.15) is 4.31 Å². The summed E-state index contributed by atoms with van der Waals surface area (Å²) in [5, 5.41) is 5.76. The molecule has 3 rings (SSSR count). The van der Waals surface area contributed by atoms with Crippen LogP contribution in [0.5, 0.6) is 0 Å². The van der Waals surface area contributed by atoms with Crippen LogP contribution in [0.25, 0.3) is 0 Å². The Bertz CT molecular complexity index is 743. The van der Waals surface area contributed by atoms with E-state index >= 15 is 0 Å². The van der Waals surface area contributed by atoms with Gasteiger partial charge < -0.3 is 9.74 Å². The van der Waals surface area contributed by atoms with Crippen molar-refractivity contribution in [2.24, 2.45) is 11.1 Å². The van der Waals surface area contributed by atoms with Crippen molar-refractivity contribution < 1.29 is 18.0 Å². The van der Waals surface area contributed by atoms with Gasteiger partial charge in [-0.25, -0.2) is 8.42 Å². The lowest BCUT2D eigenvalue weighted by atomic mass is 10.0. The largest absolute Gasteiger partial charge is 0.382 e. The van der Waals surface area contributed by atoms with E-state index in [0.717, 1.165) is 5.71 Å². The van der Waals surface area contributed by atoms with Gasteiger partial charge >= 0.3 is 0 Å². The number of hydrogen-bond acceptors (Lipinski definition) is 6. The maximum absolute atomic E-state index is 12.7. The molecule has 7 nitrogen and oxygen atoms in total. The first-order valence-corrected chi connectivity index (χ1v) is 10.8. The van der Waals surface area contributed by atoms with E-state index in [-0.39, 0.29) is 11.8 Å². The monoisotopic (exact) mass is 385 g/mol. The van der Waals surface area contributed by atoms with Gasteiger partial charge in [0.2, 0.25) is 6.10 Å². The molecule has 2 aliphatic heterocycles. The number of nitrogens with zero attached hydrogens (tertiary/aromatic N) is 3. The van der Waals surface area contributed by atoms with Gasteiger partial charge in [-0.05, 0) is 23.8 Å². The molecule has 9 heteroatoms. The van der Waals surface area contributed by atoms with Crippen LogP contribution >= 0.6 is 11.3 Å². The SMILES string of the molecule is CC(C)C1=NOC(C(=O)N2CCCN(S(=O)(=O)c3cccs3)CC2)C1. The van der Waals surface area contributed by atoms with Crippen molar-refractivity contribution in [2.75, 3.05) is 26.2 Å². The quantitative estimate of drug-likeness (QED) is 0.791. The van der Waals surface area contributed by atoms with E-state index in [1.54, 1.807) is 22.4 Å². The Balaban J connectivity index is 1.62. The second-order valence-electron chi connectivity index (χ2n) is 6.55. The molecule has 1 amide bonds. The van der Waals surface area contributed by atoms with Crippen LogP contribution in [0.2, 0.25) is 0 Å². The Hall–Kier alpha value is -1.45. The summed E-state index contributed by atoms with van der Waals surface area (Å²) in [7, 11) is -3.47. The number of carbonyl (C=O) groups excluding carboxylic acids is 1. The molecule has 25 heavy (non-hydrogen) atoms. The lowest BCUT2D eigenvalue weighted by Gasteiger charge is -2.23. The second-order valence-corrected chi connectivity index (χ2v) is 9.66. The topological polar surface area (TPSA) is 79.3 Å². The van der Waals surface area contributed by atoms with Gasteiger partial charge in [0.1, 0.15) is 4.21 Å². The van der Waals surface area contributed by atoms with Crippen molar-refractivity contribution in [3.63, 3.8) is 0 Å². The van der Waals surface area contributed by atoms with Gasteiger partial charge in [0, 0.05) is 32.6 Å². The highest BCUT2D eigenvalue weighted by molar-refractivity contribution is 7.91. The number of carbonyl (C=O) groups is 1. The minimum absolute atomic E-state index is 0.102. The fourth-order valence-corrected chi connectivity index (χ4v) is 5.58. The van der Waals surface area contributed by atoms with Crippen LogP contribution in [0.4, 0.5) is 0 Å². The molecule has 0 spiro atoms. The van der Waals surface area contributed by atoms with Crippen LogP contribution in [0.3, 0.4) is 0 Å². The summed E-state index contributed by atoms with van der Waals surface area (Å²) in [5.41, 5.74) is 0.898. The summed E-state index contributed by atoms with van der Waals surface area (Å²) in [6.45, 7) is 5.68. The first-order chi connectivity index (χ1) is 11.9. The highest BCUT2D eigenvalue weighted by atomic mass is 32.2. The van der Waals surface area contributed by atoms with Gasteiger partial charge in [0.25, 0.3) is 15.9 Å². The molecular weight excluding hydrogens is 362 g/mol. The van der Waals surface area contributed by atoms with Crippen LogP contribution in [0.15, 0.2) is 26.9 Å². The van der Waals surface area contributed by atoms with Crippen molar-refractivity contribution >= 4 is 33.0 Å². The molecular formula is C16H23N3O4S2. The maximum atomic E-state index is 12.7. The van der Waals surface area contributed by atoms with E-state index in [2.05, 4.69) is 5.16 Å². The summed E-state index contributed by atoms with van der Waals surface area (Å²) in [4.78, 5) is 19.7. The molecule has 0 saturated carbocycles. The molecule has 138 valence electrons. The standard InChI is InChI=1S/C16H23N3O4S2/c1-12(2)13-11-14(23-17-13)16(20)18-6-4-7-19(9-8-18)25(21,22)15-5-3-10-24-15/h3,5,10,12,14H,4,6-9,11H2,1-2H3. The van der Waals surface area contributed by atoms with E-state index in [1.165, 1.54) is 15.6 Å². The zero-order chi connectivity index (χ0) is 18.0. The van der Waals surface area contributed by atoms with Gasteiger partial charge in [-0.1, -0.05) is 25.1 Å². The number of thiophene rings is 1.